The number of nitrogens with one attached hydrogen (secondary N) is 1. The molecule has 3 nitrogen and oxygen atoms in total. The number of nitrogens with zero attached hydrogens (tertiary/aromatic N) is 2. The summed E-state index contributed by atoms with van der Waals surface area (Å²) in [5, 5.41) is 3.60. The predicted molar refractivity (Wildman–Crippen MR) is 85.7 cm³/mol. The van der Waals surface area contributed by atoms with Gasteiger partial charge in [0.25, 0.3) is 0 Å². The van der Waals surface area contributed by atoms with E-state index in [0.717, 1.165) is 36.0 Å². The van der Waals surface area contributed by atoms with Crippen LogP contribution in [0.2, 0.25) is 0 Å². The smallest absolute Gasteiger partial charge is 0.0419 e. The van der Waals surface area contributed by atoms with Crippen molar-refractivity contribution >= 4 is 15.9 Å². The molecule has 0 aliphatic carbocycles. The van der Waals surface area contributed by atoms with Crippen LogP contribution in [0.25, 0.3) is 0 Å². The fourth-order valence-corrected chi connectivity index (χ4v) is 2.60. The molecule has 0 saturated heterocycles. The van der Waals surface area contributed by atoms with E-state index in [4.69, 9.17) is 0 Å². The van der Waals surface area contributed by atoms with Crippen LogP contribution < -0.4 is 5.32 Å². The Bertz CT molecular complexity index is 516. The molecule has 0 saturated carbocycles. The van der Waals surface area contributed by atoms with Crippen LogP contribution in [0.5, 0.6) is 0 Å². The van der Waals surface area contributed by atoms with Crippen LogP contribution in [0.1, 0.15) is 24.6 Å². The summed E-state index contributed by atoms with van der Waals surface area (Å²) in [6, 6.07) is 8.60. The van der Waals surface area contributed by atoms with E-state index in [1.54, 1.807) is 0 Å². The Morgan fingerprint density at radius 3 is 2.85 bits per heavy atom. The molecular weight excluding hydrogens is 314 g/mol. The molecule has 2 heterocycles. The van der Waals surface area contributed by atoms with Gasteiger partial charge in [-0.3, -0.25) is 9.97 Å². The van der Waals surface area contributed by atoms with Crippen molar-refractivity contribution in [2.45, 2.75) is 32.2 Å². The minimum Gasteiger partial charge on any atom is -0.313 e. The van der Waals surface area contributed by atoms with Gasteiger partial charge >= 0.3 is 0 Å². The van der Waals surface area contributed by atoms with E-state index in [1.165, 1.54) is 5.56 Å². The van der Waals surface area contributed by atoms with Crippen molar-refractivity contribution in [1.82, 2.24) is 15.3 Å². The lowest BCUT2D eigenvalue weighted by Crippen LogP contribution is -2.34. The maximum atomic E-state index is 4.42. The molecule has 1 atom stereocenters. The van der Waals surface area contributed by atoms with Crippen molar-refractivity contribution in [2.24, 2.45) is 0 Å². The standard InChI is InChI=1S/C16H20BrN3/c1-2-6-19-16(10-15-5-3-4-7-20-15)9-13-8-14(17)12-18-11-13/h3-5,7-8,11-12,16,19H,2,6,9-10H2,1H3. The van der Waals surface area contributed by atoms with Crippen molar-refractivity contribution < 1.29 is 0 Å². The van der Waals surface area contributed by atoms with Crippen molar-refractivity contribution in [3.05, 3.63) is 58.6 Å². The Labute approximate surface area is 129 Å². The summed E-state index contributed by atoms with van der Waals surface area (Å²) < 4.78 is 1.03. The zero-order valence-corrected chi connectivity index (χ0v) is 13.3. The second kappa shape index (κ2) is 8.12. The first-order valence-corrected chi connectivity index (χ1v) is 7.80. The molecule has 0 amide bonds. The van der Waals surface area contributed by atoms with Crippen LogP contribution in [-0.2, 0) is 12.8 Å². The molecule has 0 aliphatic heterocycles. The van der Waals surface area contributed by atoms with Gasteiger partial charge in [-0.2, -0.15) is 0 Å². The number of pyridine rings is 2. The summed E-state index contributed by atoms with van der Waals surface area (Å²) in [4.78, 5) is 8.66. The molecule has 0 spiro atoms. The third-order valence-electron chi connectivity index (χ3n) is 3.11. The molecular formula is C16H20BrN3. The molecule has 20 heavy (non-hydrogen) atoms. The second-order valence-electron chi connectivity index (χ2n) is 4.89. The molecule has 0 aliphatic rings. The molecule has 0 bridgehead atoms. The summed E-state index contributed by atoms with van der Waals surface area (Å²) in [5.74, 6) is 0. The zero-order chi connectivity index (χ0) is 14.2. The van der Waals surface area contributed by atoms with E-state index in [9.17, 15) is 0 Å². The van der Waals surface area contributed by atoms with Gasteiger partial charge in [-0.1, -0.05) is 13.0 Å². The van der Waals surface area contributed by atoms with Crippen LogP contribution in [0.4, 0.5) is 0 Å². The predicted octanol–water partition coefficient (Wildman–Crippen LogP) is 3.39. The van der Waals surface area contributed by atoms with Gasteiger partial charge < -0.3 is 5.32 Å². The molecule has 1 unspecified atom stereocenters. The van der Waals surface area contributed by atoms with Crippen molar-refractivity contribution in [2.75, 3.05) is 6.54 Å². The summed E-state index contributed by atoms with van der Waals surface area (Å²) in [6.45, 7) is 3.21. The molecule has 2 aromatic heterocycles. The fourth-order valence-electron chi connectivity index (χ4n) is 2.19. The van der Waals surface area contributed by atoms with Gasteiger partial charge in [-0.05, 0) is 59.1 Å². The first-order valence-electron chi connectivity index (χ1n) is 7.00. The highest BCUT2D eigenvalue weighted by Crippen LogP contribution is 2.13. The van der Waals surface area contributed by atoms with Gasteiger partial charge in [-0.15, -0.1) is 0 Å². The molecule has 0 radical (unpaired) electrons. The lowest BCUT2D eigenvalue weighted by molar-refractivity contribution is 0.500. The quantitative estimate of drug-likeness (QED) is 0.843. The molecule has 0 fully saturated rings. The topological polar surface area (TPSA) is 37.8 Å². The fraction of sp³-hybridized carbons (Fsp3) is 0.375. The van der Waals surface area contributed by atoms with Gasteiger partial charge in [0.2, 0.25) is 0 Å². The largest absolute Gasteiger partial charge is 0.313 e. The first kappa shape index (κ1) is 15.1. The molecule has 2 aromatic rings. The summed E-state index contributed by atoms with van der Waals surface area (Å²) in [7, 11) is 0. The van der Waals surface area contributed by atoms with Gasteiger partial charge in [0.1, 0.15) is 0 Å². The maximum absolute atomic E-state index is 4.42. The Balaban J connectivity index is 2.03. The number of halogens is 1. The molecule has 4 heteroatoms. The van der Waals surface area contributed by atoms with E-state index in [2.05, 4.69) is 50.3 Å². The third-order valence-corrected chi connectivity index (χ3v) is 3.54. The number of hydrogen-bond donors (Lipinski definition) is 1. The van der Waals surface area contributed by atoms with Crippen molar-refractivity contribution in [3.8, 4) is 0 Å². The molecule has 1 N–H and O–H groups in total. The zero-order valence-electron chi connectivity index (χ0n) is 11.7. The van der Waals surface area contributed by atoms with E-state index < -0.39 is 0 Å². The highest BCUT2D eigenvalue weighted by molar-refractivity contribution is 9.10. The minimum absolute atomic E-state index is 0.390. The van der Waals surface area contributed by atoms with Crippen LogP contribution in [0.3, 0.4) is 0 Å². The van der Waals surface area contributed by atoms with Crippen LogP contribution in [0.15, 0.2) is 47.3 Å². The Morgan fingerprint density at radius 1 is 1.25 bits per heavy atom. The SMILES string of the molecule is CCCNC(Cc1cncc(Br)c1)Cc1ccccn1. The monoisotopic (exact) mass is 333 g/mol. The van der Waals surface area contributed by atoms with Crippen LogP contribution >= 0.6 is 15.9 Å². The Hall–Kier alpha value is -1.26. The highest BCUT2D eigenvalue weighted by atomic mass is 79.9. The first-order chi connectivity index (χ1) is 9.78. The van der Waals surface area contributed by atoms with E-state index in [0.29, 0.717) is 6.04 Å². The van der Waals surface area contributed by atoms with Crippen LogP contribution in [0, 0.1) is 0 Å². The van der Waals surface area contributed by atoms with E-state index in [1.807, 2.05) is 30.7 Å². The van der Waals surface area contributed by atoms with Gasteiger partial charge in [0.15, 0.2) is 0 Å². The van der Waals surface area contributed by atoms with Crippen molar-refractivity contribution in [3.63, 3.8) is 0 Å². The number of rotatable bonds is 7. The lowest BCUT2D eigenvalue weighted by atomic mass is 10.0. The average molecular weight is 334 g/mol. The molecule has 0 aromatic carbocycles. The average Bonchev–Trinajstić information content (AvgIpc) is 2.46. The number of aromatic nitrogens is 2. The van der Waals surface area contributed by atoms with Gasteiger partial charge in [0, 0.05) is 41.2 Å². The Kier molecular flexibility index (Phi) is 6.15. The van der Waals surface area contributed by atoms with Gasteiger partial charge in [-0.25, -0.2) is 0 Å². The van der Waals surface area contributed by atoms with Crippen LogP contribution in [-0.4, -0.2) is 22.6 Å². The highest BCUT2D eigenvalue weighted by Gasteiger charge is 2.11. The lowest BCUT2D eigenvalue weighted by Gasteiger charge is -2.18. The normalized spacial score (nSPS) is 12.3. The summed E-state index contributed by atoms with van der Waals surface area (Å²) in [5.41, 5.74) is 2.37. The second-order valence-corrected chi connectivity index (χ2v) is 5.81. The molecule has 2 rings (SSSR count). The molecule has 106 valence electrons. The van der Waals surface area contributed by atoms with Gasteiger partial charge in [0.05, 0.1) is 0 Å². The van der Waals surface area contributed by atoms with E-state index in [-0.39, 0.29) is 0 Å². The maximum Gasteiger partial charge on any atom is 0.0419 e. The van der Waals surface area contributed by atoms with E-state index >= 15 is 0 Å². The summed E-state index contributed by atoms with van der Waals surface area (Å²) >= 11 is 3.48. The number of hydrogen-bond acceptors (Lipinski definition) is 3. The Morgan fingerprint density at radius 2 is 2.15 bits per heavy atom. The third kappa shape index (κ3) is 5.02. The van der Waals surface area contributed by atoms with Crippen molar-refractivity contribution in [1.29, 1.82) is 0 Å². The summed E-state index contributed by atoms with van der Waals surface area (Å²) in [6.07, 6.45) is 8.64. The minimum atomic E-state index is 0.390.